The molecule has 0 aliphatic carbocycles. The fraction of sp³-hybridized carbons (Fsp3) is 0.286. The third kappa shape index (κ3) is 3.91. The van der Waals surface area contributed by atoms with E-state index in [1.54, 1.807) is 7.11 Å². The number of imidazole rings is 1. The zero-order chi connectivity index (χ0) is 18.6. The Morgan fingerprint density at radius 3 is 2.22 bits per heavy atom. The highest BCUT2D eigenvalue weighted by molar-refractivity contribution is 7.71. The van der Waals surface area contributed by atoms with Gasteiger partial charge in [-0.3, -0.25) is 9.47 Å². The maximum absolute atomic E-state index is 5.69. The Hall–Kier alpha value is -2.57. The molecule has 6 heteroatoms. The van der Waals surface area contributed by atoms with Gasteiger partial charge >= 0.3 is 0 Å². The average Bonchev–Trinajstić information content (AvgIpc) is 3.09. The van der Waals surface area contributed by atoms with Crippen molar-refractivity contribution in [1.82, 2.24) is 14.0 Å². The second-order valence-electron chi connectivity index (χ2n) is 6.70. The minimum atomic E-state index is 0.811. The lowest BCUT2D eigenvalue weighted by Crippen LogP contribution is -2.46. The molecule has 1 saturated heterocycles. The van der Waals surface area contributed by atoms with Crippen LogP contribution in [0.2, 0.25) is 0 Å². The maximum Gasteiger partial charge on any atom is 0.185 e. The number of hydrogen-bond acceptors (Lipinski definition) is 4. The average molecular weight is 381 g/mol. The number of piperazine rings is 1. The second kappa shape index (κ2) is 7.98. The molecule has 2 aromatic carbocycles. The van der Waals surface area contributed by atoms with E-state index < -0.39 is 0 Å². The van der Waals surface area contributed by atoms with Crippen LogP contribution in [0.15, 0.2) is 67.0 Å². The summed E-state index contributed by atoms with van der Waals surface area (Å²) < 4.78 is 10.2. The molecule has 1 aliphatic rings. The number of para-hydroxylation sites is 1. The fourth-order valence-corrected chi connectivity index (χ4v) is 3.75. The summed E-state index contributed by atoms with van der Waals surface area (Å²) in [4.78, 5) is 4.89. The van der Waals surface area contributed by atoms with Gasteiger partial charge in [0.25, 0.3) is 0 Å². The van der Waals surface area contributed by atoms with Crippen LogP contribution in [0.3, 0.4) is 0 Å². The maximum atomic E-state index is 5.69. The van der Waals surface area contributed by atoms with Crippen LogP contribution >= 0.6 is 12.2 Å². The lowest BCUT2D eigenvalue weighted by Gasteiger charge is -2.36. The zero-order valence-electron chi connectivity index (χ0n) is 15.5. The highest BCUT2D eigenvalue weighted by Crippen LogP contribution is 2.18. The Morgan fingerprint density at radius 2 is 1.56 bits per heavy atom. The van der Waals surface area contributed by atoms with Crippen molar-refractivity contribution in [2.45, 2.75) is 6.67 Å². The van der Waals surface area contributed by atoms with Crippen molar-refractivity contribution in [2.75, 3.05) is 38.2 Å². The Balaban J connectivity index is 1.41. The number of rotatable bonds is 5. The second-order valence-corrected chi connectivity index (χ2v) is 7.07. The van der Waals surface area contributed by atoms with Gasteiger partial charge in [0, 0.05) is 49.9 Å². The Kier molecular flexibility index (Phi) is 5.27. The Morgan fingerprint density at radius 1 is 0.852 bits per heavy atom. The van der Waals surface area contributed by atoms with E-state index >= 15 is 0 Å². The zero-order valence-corrected chi connectivity index (χ0v) is 16.3. The molecule has 2 heterocycles. The summed E-state index contributed by atoms with van der Waals surface area (Å²) in [5, 5.41) is 0. The van der Waals surface area contributed by atoms with Crippen LogP contribution in [0.1, 0.15) is 0 Å². The molecule has 5 nitrogen and oxygen atoms in total. The fourth-order valence-electron chi connectivity index (χ4n) is 3.46. The number of anilines is 1. The van der Waals surface area contributed by atoms with Crippen molar-refractivity contribution in [2.24, 2.45) is 0 Å². The van der Waals surface area contributed by atoms with Gasteiger partial charge in [0.05, 0.1) is 13.8 Å². The lowest BCUT2D eigenvalue weighted by molar-refractivity contribution is 0.204. The monoisotopic (exact) mass is 380 g/mol. The van der Waals surface area contributed by atoms with Gasteiger partial charge in [-0.1, -0.05) is 18.2 Å². The molecule has 0 radical (unpaired) electrons. The summed E-state index contributed by atoms with van der Waals surface area (Å²) in [6, 6.07) is 18.6. The smallest absolute Gasteiger partial charge is 0.185 e. The highest BCUT2D eigenvalue weighted by atomic mass is 32.1. The van der Waals surface area contributed by atoms with E-state index in [1.807, 2.05) is 35.0 Å². The van der Waals surface area contributed by atoms with E-state index in [2.05, 4.69) is 50.9 Å². The Bertz CT molecular complexity index is 925. The van der Waals surface area contributed by atoms with Crippen LogP contribution in [-0.4, -0.2) is 47.3 Å². The van der Waals surface area contributed by atoms with E-state index in [1.165, 1.54) is 5.69 Å². The van der Waals surface area contributed by atoms with Crippen LogP contribution in [0.4, 0.5) is 5.69 Å². The van der Waals surface area contributed by atoms with Gasteiger partial charge in [0.1, 0.15) is 5.75 Å². The first-order valence-corrected chi connectivity index (χ1v) is 9.60. The van der Waals surface area contributed by atoms with Gasteiger partial charge in [0.2, 0.25) is 0 Å². The van der Waals surface area contributed by atoms with E-state index in [9.17, 15) is 0 Å². The lowest BCUT2D eigenvalue weighted by atomic mass is 10.2. The van der Waals surface area contributed by atoms with Gasteiger partial charge in [0.15, 0.2) is 4.77 Å². The van der Waals surface area contributed by atoms with Crippen molar-refractivity contribution < 1.29 is 4.74 Å². The molecule has 0 saturated carbocycles. The molecule has 0 N–H and O–H groups in total. The summed E-state index contributed by atoms with van der Waals surface area (Å²) in [7, 11) is 1.68. The molecule has 3 aromatic rings. The predicted molar refractivity (Wildman–Crippen MR) is 111 cm³/mol. The summed E-state index contributed by atoms with van der Waals surface area (Å²) in [6.07, 6.45) is 4.10. The summed E-state index contributed by atoms with van der Waals surface area (Å²) in [5.41, 5.74) is 2.35. The number of methoxy groups -OCH3 is 1. The van der Waals surface area contributed by atoms with Crippen molar-refractivity contribution in [3.63, 3.8) is 0 Å². The predicted octanol–water partition coefficient (Wildman–Crippen LogP) is 3.80. The number of hydrogen-bond donors (Lipinski definition) is 0. The van der Waals surface area contributed by atoms with Crippen molar-refractivity contribution in [1.29, 1.82) is 0 Å². The third-order valence-corrected chi connectivity index (χ3v) is 5.48. The first-order chi connectivity index (χ1) is 13.2. The number of aromatic nitrogens is 2. The van der Waals surface area contributed by atoms with Gasteiger partial charge in [-0.2, -0.15) is 0 Å². The molecular formula is C21H24N4OS. The highest BCUT2D eigenvalue weighted by Gasteiger charge is 2.17. The summed E-state index contributed by atoms with van der Waals surface area (Å²) in [6.45, 7) is 4.96. The van der Waals surface area contributed by atoms with E-state index in [4.69, 9.17) is 17.0 Å². The van der Waals surface area contributed by atoms with Gasteiger partial charge in [-0.05, 0) is 48.6 Å². The van der Waals surface area contributed by atoms with Crippen LogP contribution in [0.25, 0.3) is 5.69 Å². The molecule has 140 valence electrons. The summed E-state index contributed by atoms with van der Waals surface area (Å²) in [5.74, 6) is 0.848. The van der Waals surface area contributed by atoms with E-state index in [0.29, 0.717) is 0 Å². The van der Waals surface area contributed by atoms with Crippen LogP contribution in [0, 0.1) is 4.77 Å². The van der Waals surface area contributed by atoms with Gasteiger partial charge in [-0.15, -0.1) is 0 Å². The number of ether oxygens (including phenoxy) is 1. The summed E-state index contributed by atoms with van der Waals surface area (Å²) >= 11 is 5.69. The molecule has 1 aromatic heterocycles. The van der Waals surface area contributed by atoms with Crippen molar-refractivity contribution in [3.8, 4) is 11.4 Å². The van der Waals surface area contributed by atoms with Crippen LogP contribution in [0.5, 0.6) is 5.75 Å². The molecule has 4 rings (SSSR count). The minimum Gasteiger partial charge on any atom is -0.497 e. The van der Waals surface area contributed by atoms with Crippen LogP contribution in [-0.2, 0) is 6.67 Å². The standard InChI is InChI=1S/C21H24N4OS/c1-26-20-9-7-19(8-10-20)25-16-15-24(21(25)27)17-22-11-13-23(14-12-22)18-5-3-2-4-6-18/h2-10,15-16H,11-14,17H2,1H3. The molecule has 0 amide bonds. The SMILES string of the molecule is COc1ccc(-n2ccn(CN3CCN(c4ccccc4)CC3)c2=S)cc1. The van der Waals surface area contributed by atoms with Crippen LogP contribution < -0.4 is 9.64 Å². The molecule has 0 unspecified atom stereocenters. The van der Waals surface area contributed by atoms with Crippen molar-refractivity contribution in [3.05, 3.63) is 71.8 Å². The van der Waals surface area contributed by atoms with Crippen molar-refractivity contribution >= 4 is 17.9 Å². The van der Waals surface area contributed by atoms with Gasteiger partial charge < -0.3 is 14.2 Å². The molecule has 0 bridgehead atoms. The quantitative estimate of drug-likeness (QED) is 0.629. The normalized spacial score (nSPS) is 15.1. The largest absolute Gasteiger partial charge is 0.497 e. The molecule has 0 atom stereocenters. The van der Waals surface area contributed by atoms with E-state index in [-0.39, 0.29) is 0 Å². The third-order valence-electron chi connectivity index (χ3n) is 5.04. The van der Waals surface area contributed by atoms with Gasteiger partial charge in [-0.25, -0.2) is 0 Å². The molecule has 0 spiro atoms. The molecular weight excluding hydrogens is 356 g/mol. The van der Waals surface area contributed by atoms with E-state index in [0.717, 1.165) is 49.1 Å². The first-order valence-electron chi connectivity index (χ1n) is 9.19. The topological polar surface area (TPSA) is 25.6 Å². The number of nitrogens with zero attached hydrogens (tertiary/aromatic N) is 4. The molecule has 27 heavy (non-hydrogen) atoms. The minimum absolute atomic E-state index is 0.811. The molecule has 1 aliphatic heterocycles. The number of benzene rings is 2. The Labute approximate surface area is 165 Å². The molecule has 1 fully saturated rings. The first kappa shape index (κ1) is 17.8.